The molecule has 0 aromatic carbocycles. The first-order valence-electron chi connectivity index (χ1n) is 0.651. The molecule has 0 heterocycles. The normalized spacial score (nSPS) is 3.43. The zero-order chi connectivity index (χ0) is 3.58. The Morgan fingerprint density at radius 3 is 1.29 bits per heavy atom. The van der Waals surface area contributed by atoms with E-state index < -0.39 is 6.16 Å². The second kappa shape index (κ2) is 15.7. The Balaban J connectivity index is -0.0000000150. The van der Waals surface area contributed by atoms with E-state index in [0.29, 0.717) is 0 Å². The molecule has 0 aliphatic rings. The second-order valence-electron chi connectivity index (χ2n) is 0.283. The third-order valence-corrected chi connectivity index (χ3v) is 0. The molecule has 3 nitrogen and oxygen atoms in total. The van der Waals surface area contributed by atoms with Gasteiger partial charge in [0.05, 0.1) is 0 Å². The average Bonchev–Trinajstić information content (AvgIpc) is 0.811. The van der Waals surface area contributed by atoms with E-state index in [1.165, 1.54) is 0 Å². The van der Waals surface area contributed by atoms with Crippen LogP contribution in [-0.2, 0) is 0 Å². The molecule has 0 spiro atoms. The molecule has 0 aliphatic carbocycles. The van der Waals surface area contributed by atoms with Crippen molar-refractivity contribution in [3.63, 3.8) is 0 Å². The van der Waals surface area contributed by atoms with Gasteiger partial charge < -0.3 is 10.2 Å². The maximum atomic E-state index is 8.56. The molecule has 1 radical (unpaired) electrons. The fraction of sp³-hybridized carbons (Fsp3) is 0. The minimum absolute atomic E-state index is 0. The van der Waals surface area contributed by atoms with Crippen LogP contribution in [0.3, 0.4) is 0 Å². The van der Waals surface area contributed by atoms with Gasteiger partial charge in [-0.05, 0) is 0 Å². The van der Waals surface area contributed by atoms with Crippen molar-refractivity contribution in [2.45, 2.75) is 0 Å². The van der Waals surface area contributed by atoms with Crippen molar-refractivity contribution in [1.82, 2.24) is 0 Å². The molecule has 6 heteroatoms. The van der Waals surface area contributed by atoms with Gasteiger partial charge in [0.2, 0.25) is 0 Å². The van der Waals surface area contributed by atoms with Crippen LogP contribution in [-0.4, -0.2) is 45.9 Å². The molecule has 2 N–H and O–H groups in total. The van der Waals surface area contributed by atoms with Crippen LogP contribution in [0.25, 0.3) is 0 Å². The Morgan fingerprint density at radius 2 is 1.29 bits per heavy atom. The summed E-state index contributed by atoms with van der Waals surface area (Å²) < 4.78 is 0. The molecule has 7 heavy (non-hydrogen) atoms. The second-order valence-corrected chi connectivity index (χ2v) is 0.283. The minimum atomic E-state index is -1.83. The van der Waals surface area contributed by atoms with Crippen molar-refractivity contribution in [3.05, 3.63) is 0 Å². The summed E-state index contributed by atoms with van der Waals surface area (Å²) in [5.74, 6) is 0. The fourth-order valence-electron chi connectivity index (χ4n) is 0. The fourth-order valence-corrected chi connectivity index (χ4v) is 0. The van der Waals surface area contributed by atoms with Gasteiger partial charge in [0.25, 0.3) is 0 Å². The van der Waals surface area contributed by atoms with Crippen molar-refractivity contribution < 1.29 is 53.6 Å². The number of halogens is 1. The van der Waals surface area contributed by atoms with Gasteiger partial charge in [-0.15, -0.1) is 12.4 Å². The van der Waals surface area contributed by atoms with E-state index in [9.17, 15) is 0 Å². The van der Waals surface area contributed by atoms with Crippen LogP contribution in [0.5, 0.6) is 0 Å². The summed E-state index contributed by atoms with van der Waals surface area (Å²) in [7, 11) is 0. The van der Waals surface area contributed by atoms with Gasteiger partial charge in [0, 0.05) is 38.6 Å². The molecule has 0 unspecified atom stereocenters. The van der Waals surface area contributed by atoms with Crippen LogP contribution < -0.4 is 0 Å². The summed E-state index contributed by atoms with van der Waals surface area (Å²) in [5.41, 5.74) is 0. The molecule has 0 aromatic rings. The minimum Gasteiger partial charge on any atom is 0 e. The van der Waals surface area contributed by atoms with E-state index in [1.54, 1.807) is 0 Å². The SMILES string of the molecule is Cl.O=C(O)O.[NaH].[Tb]. The monoisotopic (exact) mass is 281 g/mol. The molecular weight excluding hydrogens is 277 g/mol. The third kappa shape index (κ3) is 78.7. The third-order valence-electron chi connectivity index (χ3n) is 0. The van der Waals surface area contributed by atoms with Crippen LogP contribution in [0.1, 0.15) is 0 Å². The summed E-state index contributed by atoms with van der Waals surface area (Å²) in [6, 6.07) is 0. The molecule has 0 bridgehead atoms. The Bertz CT molecular complexity index is 37.9. The molecule has 0 aromatic heterocycles. The first-order valence-corrected chi connectivity index (χ1v) is 0.651. The molecule has 0 saturated carbocycles. The number of hydrogen-bond acceptors (Lipinski definition) is 1. The summed E-state index contributed by atoms with van der Waals surface area (Å²) >= 11 is 0. The Kier molecular flexibility index (Phi) is 51.9. The van der Waals surface area contributed by atoms with Crippen molar-refractivity contribution in [3.8, 4) is 0 Å². The van der Waals surface area contributed by atoms with E-state index in [-0.39, 0.29) is 80.6 Å². The van der Waals surface area contributed by atoms with Crippen molar-refractivity contribution in [1.29, 1.82) is 0 Å². The molecule has 0 fully saturated rings. The quantitative estimate of drug-likeness (QED) is 0.614. The molecule has 0 aliphatic heterocycles. The molecule has 43 valence electrons. The number of hydrogen-bond donors (Lipinski definition) is 2. The largest absolute Gasteiger partial charge is 0 e. The number of rotatable bonds is 0. The zero-order valence-corrected chi connectivity index (χ0v) is 5.50. The summed E-state index contributed by atoms with van der Waals surface area (Å²) in [6.07, 6.45) is -1.83. The van der Waals surface area contributed by atoms with Crippen LogP contribution >= 0.6 is 12.4 Å². The first-order chi connectivity index (χ1) is 1.73. The van der Waals surface area contributed by atoms with Crippen molar-refractivity contribution in [2.75, 3.05) is 0 Å². The predicted molar refractivity (Wildman–Crippen MR) is 25.1 cm³/mol. The van der Waals surface area contributed by atoms with Gasteiger partial charge in [-0.25, -0.2) is 4.79 Å². The standard InChI is InChI=1S/CH2O3.ClH.Na.Tb.H/c2-1(3)4;;;;/h(H2,2,3,4);1H;;;. The van der Waals surface area contributed by atoms with Crippen LogP contribution in [0, 0.1) is 38.6 Å². The van der Waals surface area contributed by atoms with Gasteiger partial charge in [-0.2, -0.15) is 0 Å². The predicted octanol–water partition coefficient (Wildman–Crippen LogP) is -0.00430. The van der Waals surface area contributed by atoms with Crippen molar-refractivity contribution in [2.24, 2.45) is 0 Å². The smallest absolute Gasteiger partial charge is 0 e. The van der Waals surface area contributed by atoms with Crippen LogP contribution in [0.4, 0.5) is 4.79 Å². The van der Waals surface area contributed by atoms with Gasteiger partial charge >= 0.3 is 35.7 Å². The van der Waals surface area contributed by atoms with E-state index in [4.69, 9.17) is 15.0 Å². The molecule has 0 saturated heterocycles. The van der Waals surface area contributed by atoms with Crippen LogP contribution in [0.2, 0.25) is 0 Å². The van der Waals surface area contributed by atoms with E-state index in [2.05, 4.69) is 0 Å². The average molecular weight is 281 g/mol. The van der Waals surface area contributed by atoms with E-state index >= 15 is 0 Å². The molecule has 0 amide bonds. The Hall–Kier alpha value is 1.85. The topological polar surface area (TPSA) is 57.5 Å². The van der Waals surface area contributed by atoms with Gasteiger partial charge in [0.15, 0.2) is 0 Å². The zero-order valence-electron chi connectivity index (χ0n) is 2.54. The summed E-state index contributed by atoms with van der Waals surface area (Å²) in [6.45, 7) is 0. The number of carboxylic acid groups (broad SMARTS) is 2. The van der Waals surface area contributed by atoms with Gasteiger partial charge in [-0.1, -0.05) is 0 Å². The summed E-state index contributed by atoms with van der Waals surface area (Å²) in [5, 5.41) is 13.9. The molecular formula is CH4ClNaO3Tb. The molecule has 0 atom stereocenters. The molecule has 0 rings (SSSR count). The number of carbonyl (C=O) groups is 1. The Labute approximate surface area is 100.0 Å². The first kappa shape index (κ1) is 23.2. The van der Waals surface area contributed by atoms with Gasteiger partial charge in [0.1, 0.15) is 0 Å². The van der Waals surface area contributed by atoms with E-state index in [1.807, 2.05) is 0 Å². The maximum Gasteiger partial charge on any atom is 0 e. The van der Waals surface area contributed by atoms with Gasteiger partial charge in [-0.3, -0.25) is 0 Å². The van der Waals surface area contributed by atoms with E-state index in [0.717, 1.165) is 0 Å². The maximum absolute atomic E-state index is 8.56. The summed E-state index contributed by atoms with van der Waals surface area (Å²) in [4.78, 5) is 8.56. The van der Waals surface area contributed by atoms with Crippen molar-refractivity contribution >= 4 is 48.1 Å². The Morgan fingerprint density at radius 1 is 1.29 bits per heavy atom. The van der Waals surface area contributed by atoms with Crippen LogP contribution in [0.15, 0.2) is 0 Å².